The van der Waals surface area contributed by atoms with E-state index in [1.165, 1.54) is 0 Å². The number of hydrogen-bond acceptors (Lipinski definition) is 5. The van der Waals surface area contributed by atoms with Crippen molar-refractivity contribution in [3.8, 4) is 5.75 Å². The third kappa shape index (κ3) is 6.11. The highest BCUT2D eigenvalue weighted by Gasteiger charge is 2.27. The molecule has 1 aliphatic heterocycles. The van der Waals surface area contributed by atoms with Gasteiger partial charge in [0.05, 0.1) is 11.6 Å². The van der Waals surface area contributed by atoms with E-state index in [-0.39, 0.29) is 17.7 Å². The summed E-state index contributed by atoms with van der Waals surface area (Å²) in [6, 6.07) is 6.71. The van der Waals surface area contributed by atoms with Gasteiger partial charge in [0.1, 0.15) is 11.5 Å². The summed E-state index contributed by atoms with van der Waals surface area (Å²) in [5, 5.41) is 7.52. The Bertz CT molecular complexity index is 863. The van der Waals surface area contributed by atoms with Crippen LogP contribution in [-0.2, 0) is 9.59 Å². The van der Waals surface area contributed by atoms with E-state index in [1.807, 2.05) is 0 Å². The van der Waals surface area contributed by atoms with Gasteiger partial charge in [0, 0.05) is 36.5 Å². The van der Waals surface area contributed by atoms with Gasteiger partial charge in [-0.3, -0.25) is 9.59 Å². The molecule has 0 atom stereocenters. The zero-order chi connectivity index (χ0) is 20.8. The van der Waals surface area contributed by atoms with E-state index in [4.69, 9.17) is 32.5 Å². The monoisotopic (exact) mass is 439 g/mol. The van der Waals surface area contributed by atoms with E-state index in [1.54, 1.807) is 36.1 Å². The first-order valence-corrected chi connectivity index (χ1v) is 10.3. The van der Waals surface area contributed by atoms with Crippen molar-refractivity contribution in [3.05, 3.63) is 40.1 Å². The zero-order valence-electron chi connectivity index (χ0n) is 16.1. The average Bonchev–Trinajstić information content (AvgIpc) is 3.11. The first-order valence-electron chi connectivity index (χ1n) is 9.52. The molecule has 156 valence electrons. The van der Waals surface area contributed by atoms with Crippen LogP contribution in [0.5, 0.6) is 5.75 Å². The molecule has 2 aromatic rings. The van der Waals surface area contributed by atoms with E-state index >= 15 is 0 Å². The third-order valence-corrected chi connectivity index (χ3v) is 5.31. The van der Waals surface area contributed by atoms with Gasteiger partial charge in [0.25, 0.3) is 0 Å². The number of rotatable bonds is 7. The fourth-order valence-corrected chi connectivity index (χ4v) is 3.66. The number of hydrogen-bond donors (Lipinski definition) is 1. The van der Waals surface area contributed by atoms with Crippen molar-refractivity contribution < 1.29 is 18.8 Å². The summed E-state index contributed by atoms with van der Waals surface area (Å²) in [6.07, 6.45) is 2.24. The van der Waals surface area contributed by atoms with Gasteiger partial charge in [0.2, 0.25) is 11.8 Å². The number of anilines is 1. The van der Waals surface area contributed by atoms with Crippen molar-refractivity contribution in [2.45, 2.75) is 32.6 Å². The van der Waals surface area contributed by atoms with Gasteiger partial charge >= 0.3 is 0 Å². The Morgan fingerprint density at radius 3 is 2.69 bits per heavy atom. The van der Waals surface area contributed by atoms with Crippen LogP contribution in [0, 0.1) is 12.8 Å². The molecule has 0 unspecified atom stereocenters. The Morgan fingerprint density at radius 2 is 2.03 bits per heavy atom. The molecule has 0 aliphatic carbocycles. The maximum atomic E-state index is 12.4. The molecule has 1 N–H and O–H groups in total. The van der Waals surface area contributed by atoms with Crippen molar-refractivity contribution in [1.29, 1.82) is 0 Å². The van der Waals surface area contributed by atoms with Crippen LogP contribution in [0.3, 0.4) is 0 Å². The van der Waals surface area contributed by atoms with Crippen LogP contribution in [-0.4, -0.2) is 41.6 Å². The van der Waals surface area contributed by atoms with Crippen LogP contribution in [0.1, 0.15) is 31.4 Å². The summed E-state index contributed by atoms with van der Waals surface area (Å²) in [5.74, 6) is 1.47. The molecule has 7 nitrogen and oxygen atoms in total. The molecule has 0 bridgehead atoms. The summed E-state index contributed by atoms with van der Waals surface area (Å²) in [7, 11) is 0. The second kappa shape index (κ2) is 9.98. The summed E-state index contributed by atoms with van der Waals surface area (Å²) >= 11 is 11.9. The van der Waals surface area contributed by atoms with Crippen LogP contribution >= 0.6 is 23.2 Å². The first-order chi connectivity index (χ1) is 13.9. The van der Waals surface area contributed by atoms with E-state index in [0.29, 0.717) is 72.8 Å². The quantitative estimate of drug-likeness (QED) is 0.648. The Hall–Kier alpha value is -2.25. The Morgan fingerprint density at radius 1 is 1.28 bits per heavy atom. The van der Waals surface area contributed by atoms with Gasteiger partial charge in [-0.05, 0) is 44.4 Å². The Balaban J connectivity index is 1.35. The number of likely N-dealkylation sites (tertiary alicyclic amines) is 1. The smallest absolute Gasteiger partial charge is 0.228 e. The molecule has 1 aromatic carbocycles. The molecule has 1 fully saturated rings. The molecule has 29 heavy (non-hydrogen) atoms. The number of nitrogens with zero attached hydrogens (tertiary/aromatic N) is 2. The fraction of sp³-hybridized carbons (Fsp3) is 0.450. The minimum atomic E-state index is -0.133. The lowest BCUT2D eigenvalue weighted by molar-refractivity contribution is -0.134. The molecule has 1 aliphatic rings. The van der Waals surface area contributed by atoms with Crippen LogP contribution in [0.15, 0.2) is 28.8 Å². The van der Waals surface area contributed by atoms with E-state index in [2.05, 4.69) is 10.5 Å². The molecule has 3 rings (SSSR count). The van der Waals surface area contributed by atoms with Gasteiger partial charge in [-0.25, -0.2) is 0 Å². The second-order valence-corrected chi connectivity index (χ2v) is 7.84. The first kappa shape index (κ1) is 21.5. The minimum Gasteiger partial charge on any atom is -0.492 e. The second-order valence-electron chi connectivity index (χ2n) is 6.99. The summed E-state index contributed by atoms with van der Waals surface area (Å²) in [6.45, 7) is 3.29. The predicted molar refractivity (Wildman–Crippen MR) is 110 cm³/mol. The molecule has 0 radical (unpaired) electrons. The van der Waals surface area contributed by atoms with E-state index in [0.717, 1.165) is 0 Å². The number of benzene rings is 1. The topological polar surface area (TPSA) is 84.7 Å². The number of amides is 2. The fourth-order valence-electron chi connectivity index (χ4n) is 3.20. The van der Waals surface area contributed by atoms with Gasteiger partial charge < -0.3 is 19.5 Å². The number of halogens is 2. The van der Waals surface area contributed by atoms with Crippen molar-refractivity contribution in [2.24, 2.45) is 5.92 Å². The van der Waals surface area contributed by atoms with Crippen LogP contribution in [0.2, 0.25) is 10.0 Å². The van der Waals surface area contributed by atoms with Crippen molar-refractivity contribution in [1.82, 2.24) is 10.1 Å². The molecule has 0 saturated carbocycles. The number of piperidine rings is 1. The average molecular weight is 440 g/mol. The molecule has 2 heterocycles. The van der Waals surface area contributed by atoms with Gasteiger partial charge in [-0.15, -0.1) is 0 Å². The summed E-state index contributed by atoms with van der Waals surface area (Å²) in [4.78, 5) is 26.5. The van der Waals surface area contributed by atoms with Crippen LogP contribution in [0.4, 0.5) is 5.82 Å². The van der Waals surface area contributed by atoms with Crippen molar-refractivity contribution in [2.75, 3.05) is 25.0 Å². The molecular formula is C20H23Cl2N3O4. The summed E-state index contributed by atoms with van der Waals surface area (Å²) in [5.41, 5.74) is 0. The zero-order valence-corrected chi connectivity index (χ0v) is 17.6. The van der Waals surface area contributed by atoms with Gasteiger partial charge in [0.15, 0.2) is 5.82 Å². The standard InChI is InChI=1S/C20H23Cl2N3O4/c1-13-11-18(24-29-13)23-20(27)14-6-8-25(9-7-14)19(26)3-2-10-28-17-5-4-15(21)12-16(17)22/h4-5,11-12,14H,2-3,6-10H2,1H3,(H,23,24,27). The minimum absolute atomic E-state index is 0.0711. The highest BCUT2D eigenvalue weighted by atomic mass is 35.5. The van der Waals surface area contributed by atoms with Crippen molar-refractivity contribution in [3.63, 3.8) is 0 Å². The SMILES string of the molecule is Cc1cc(NC(=O)C2CCN(C(=O)CCCOc3ccc(Cl)cc3Cl)CC2)no1. The lowest BCUT2D eigenvalue weighted by Crippen LogP contribution is -2.41. The third-order valence-electron chi connectivity index (χ3n) is 4.78. The van der Waals surface area contributed by atoms with E-state index < -0.39 is 0 Å². The van der Waals surface area contributed by atoms with Crippen LogP contribution in [0.25, 0.3) is 0 Å². The Labute approximate surface area is 179 Å². The molecule has 1 aromatic heterocycles. The maximum absolute atomic E-state index is 12.4. The normalized spacial score (nSPS) is 14.7. The maximum Gasteiger partial charge on any atom is 0.228 e. The lowest BCUT2D eigenvalue weighted by Gasteiger charge is -2.31. The number of carbonyl (C=O) groups excluding carboxylic acids is 2. The van der Waals surface area contributed by atoms with Gasteiger partial charge in [-0.1, -0.05) is 28.4 Å². The van der Waals surface area contributed by atoms with E-state index in [9.17, 15) is 9.59 Å². The van der Waals surface area contributed by atoms with Gasteiger partial charge in [-0.2, -0.15) is 0 Å². The molecule has 9 heteroatoms. The number of aryl methyl sites for hydroxylation is 1. The number of nitrogens with one attached hydrogen (secondary N) is 1. The summed E-state index contributed by atoms with van der Waals surface area (Å²) < 4.78 is 10.6. The van der Waals surface area contributed by atoms with Crippen LogP contribution < -0.4 is 10.1 Å². The van der Waals surface area contributed by atoms with Crippen molar-refractivity contribution >= 4 is 40.8 Å². The number of aromatic nitrogens is 1. The highest BCUT2D eigenvalue weighted by Crippen LogP contribution is 2.27. The molecular weight excluding hydrogens is 417 g/mol. The Kier molecular flexibility index (Phi) is 7.39. The highest BCUT2D eigenvalue weighted by molar-refractivity contribution is 6.35. The largest absolute Gasteiger partial charge is 0.492 e. The number of carbonyl (C=O) groups is 2. The molecule has 1 saturated heterocycles. The lowest BCUT2D eigenvalue weighted by atomic mass is 9.95. The predicted octanol–water partition coefficient (Wildman–Crippen LogP) is 4.33. The number of ether oxygens (including phenoxy) is 1. The molecule has 0 spiro atoms. The molecule has 2 amide bonds.